The van der Waals surface area contributed by atoms with Crippen LogP contribution in [0.4, 0.5) is 20.2 Å². The fraction of sp³-hybridized carbons (Fsp3) is 0.409. The lowest BCUT2D eigenvalue weighted by Crippen LogP contribution is -2.35. The molecule has 54 heavy (non-hydrogen) atoms. The second-order valence-corrected chi connectivity index (χ2v) is 15.8. The fourth-order valence-corrected chi connectivity index (χ4v) is 8.93. The van der Waals surface area contributed by atoms with Gasteiger partial charge in [0.2, 0.25) is 0 Å². The van der Waals surface area contributed by atoms with E-state index in [2.05, 4.69) is 44.3 Å². The molecule has 0 amide bonds. The molecule has 4 aromatic heterocycles. The Labute approximate surface area is 314 Å². The number of imidazole rings is 2. The van der Waals surface area contributed by atoms with Crippen LogP contribution >= 0.6 is 0 Å². The molecule has 4 aliphatic rings. The monoisotopic (exact) mass is 730 g/mol. The summed E-state index contributed by atoms with van der Waals surface area (Å²) in [6.07, 6.45) is 19.1. The van der Waals surface area contributed by atoms with Crippen molar-refractivity contribution in [1.82, 2.24) is 18.8 Å². The number of aliphatic hydroxyl groups is 2. The summed E-state index contributed by atoms with van der Waals surface area (Å²) < 4.78 is 30.3. The maximum absolute atomic E-state index is 13.2. The summed E-state index contributed by atoms with van der Waals surface area (Å²) >= 11 is 0. The summed E-state index contributed by atoms with van der Waals surface area (Å²) in [5, 5.41) is 22.6. The highest BCUT2D eigenvalue weighted by atomic mass is 19.1. The van der Waals surface area contributed by atoms with Gasteiger partial charge >= 0.3 is 0 Å². The van der Waals surface area contributed by atoms with Gasteiger partial charge in [0.1, 0.15) is 11.6 Å². The smallest absolute Gasteiger partial charge is 0.123 e. The largest absolute Gasteiger partial charge is 0.388 e. The average Bonchev–Trinajstić information content (AvgIpc) is 4.14. The number of pyridine rings is 2. The van der Waals surface area contributed by atoms with E-state index in [1.54, 1.807) is 12.7 Å². The van der Waals surface area contributed by atoms with Crippen molar-refractivity contribution in [3.63, 3.8) is 0 Å². The van der Waals surface area contributed by atoms with Crippen LogP contribution in [0, 0.1) is 23.5 Å². The molecule has 2 aliphatic heterocycles. The first-order valence-corrected chi connectivity index (χ1v) is 19.7. The molecule has 280 valence electrons. The molecule has 0 unspecified atom stereocenters. The second-order valence-electron chi connectivity index (χ2n) is 15.8. The summed E-state index contributed by atoms with van der Waals surface area (Å²) in [7, 11) is 0. The Morgan fingerprint density at radius 1 is 0.519 bits per heavy atom. The number of aliphatic hydroxyl groups excluding tert-OH is 2. The van der Waals surface area contributed by atoms with E-state index in [1.807, 2.05) is 45.5 Å². The Kier molecular flexibility index (Phi) is 9.57. The van der Waals surface area contributed by atoms with E-state index in [0.29, 0.717) is 11.8 Å². The van der Waals surface area contributed by atoms with Crippen LogP contribution in [0.25, 0.3) is 11.0 Å². The molecule has 2 aromatic carbocycles. The molecule has 2 saturated carbocycles. The molecule has 6 aromatic rings. The van der Waals surface area contributed by atoms with Gasteiger partial charge in [0.05, 0.1) is 48.3 Å². The number of aromatic nitrogens is 4. The minimum atomic E-state index is -0.462. The summed E-state index contributed by atoms with van der Waals surface area (Å²) in [6, 6.07) is 17.7. The maximum Gasteiger partial charge on any atom is 0.123 e. The zero-order valence-electron chi connectivity index (χ0n) is 30.5. The predicted octanol–water partition coefficient (Wildman–Crippen LogP) is 8.60. The van der Waals surface area contributed by atoms with E-state index in [1.165, 1.54) is 61.1 Å². The molecule has 0 radical (unpaired) electrons. The molecular formula is C44H48F2N6O2. The van der Waals surface area contributed by atoms with Crippen LogP contribution in [0.5, 0.6) is 0 Å². The third kappa shape index (κ3) is 7.09. The van der Waals surface area contributed by atoms with Crippen molar-refractivity contribution in [2.24, 2.45) is 11.8 Å². The van der Waals surface area contributed by atoms with Gasteiger partial charge in [0.15, 0.2) is 0 Å². The number of hydrogen-bond donors (Lipinski definition) is 2. The van der Waals surface area contributed by atoms with Crippen LogP contribution in [-0.4, -0.2) is 55.2 Å². The van der Waals surface area contributed by atoms with Crippen LogP contribution < -0.4 is 9.80 Å². The maximum atomic E-state index is 13.2. The Morgan fingerprint density at radius 2 is 0.889 bits per heavy atom. The van der Waals surface area contributed by atoms with Crippen molar-refractivity contribution in [1.29, 1.82) is 0 Å². The number of anilines is 2. The first-order valence-electron chi connectivity index (χ1n) is 19.7. The number of benzene rings is 2. The third-order valence-corrected chi connectivity index (χ3v) is 12.3. The Morgan fingerprint density at radius 3 is 1.24 bits per heavy atom. The number of hydrogen-bond acceptors (Lipinski definition) is 6. The van der Waals surface area contributed by atoms with Crippen LogP contribution in [0.2, 0.25) is 0 Å². The predicted molar refractivity (Wildman–Crippen MR) is 207 cm³/mol. The summed E-state index contributed by atoms with van der Waals surface area (Å²) in [5.74, 6) is 1.25. The Hall–Kier alpha value is -4.80. The van der Waals surface area contributed by atoms with Gasteiger partial charge in [-0.05, 0) is 147 Å². The number of rotatable bonds is 8. The molecule has 6 heterocycles. The van der Waals surface area contributed by atoms with Crippen molar-refractivity contribution in [3.8, 4) is 0 Å². The van der Waals surface area contributed by atoms with E-state index in [-0.39, 0.29) is 23.5 Å². The lowest BCUT2D eigenvalue weighted by atomic mass is 9.84. The van der Waals surface area contributed by atoms with Gasteiger partial charge in [-0.2, -0.15) is 0 Å². The minimum Gasteiger partial charge on any atom is -0.388 e. The number of nitrogens with zero attached hydrogens (tertiary/aromatic N) is 6. The van der Waals surface area contributed by atoms with Crippen molar-refractivity contribution in [2.45, 2.75) is 75.4 Å². The molecule has 2 atom stereocenters. The van der Waals surface area contributed by atoms with Gasteiger partial charge in [-0.1, -0.05) is 0 Å². The molecule has 4 fully saturated rings. The van der Waals surface area contributed by atoms with Gasteiger partial charge in [-0.3, -0.25) is 0 Å². The van der Waals surface area contributed by atoms with Crippen LogP contribution in [-0.2, 0) is 0 Å². The van der Waals surface area contributed by atoms with Gasteiger partial charge in [0, 0.05) is 61.1 Å². The molecule has 0 spiro atoms. The second kappa shape index (κ2) is 14.8. The SMILES string of the molecule is O[C@@H](c1c(C2CC2)ccn2cncc12)C1CCN(c2ccc(F)cc2)CC1.O[C@H](c1c(C2CC2)ccn2cncc12)C1CCN(c2ccc(F)cc2)CC1. The molecule has 2 aliphatic carbocycles. The number of piperidine rings is 2. The molecule has 8 nitrogen and oxygen atoms in total. The van der Waals surface area contributed by atoms with Crippen LogP contribution in [0.15, 0.2) is 98.1 Å². The highest BCUT2D eigenvalue weighted by molar-refractivity contribution is 5.60. The molecule has 2 N–H and O–H groups in total. The zero-order valence-corrected chi connectivity index (χ0v) is 30.5. The standard InChI is InChI=1S/2C22H24FN3O/c2*23-17-3-5-18(6-4-17)25-10-7-16(8-11-25)22(27)21-19(15-1-2-15)9-12-26-14-24-13-20(21)26/h2*3-6,9,12-16,22,27H,1-2,7-8,10-11H2/t2*22-/m10/s1. The number of fused-ring (bicyclic) bond motifs is 2. The highest BCUT2D eigenvalue weighted by Crippen LogP contribution is 2.47. The summed E-state index contributed by atoms with van der Waals surface area (Å²) in [6.45, 7) is 3.53. The molecule has 2 saturated heterocycles. The number of halogens is 2. The van der Waals surface area contributed by atoms with E-state index >= 15 is 0 Å². The third-order valence-electron chi connectivity index (χ3n) is 12.3. The summed E-state index contributed by atoms with van der Waals surface area (Å²) in [5.41, 5.74) is 8.95. The van der Waals surface area contributed by atoms with Crippen molar-refractivity contribution in [2.75, 3.05) is 36.0 Å². The normalized spacial score (nSPS) is 19.6. The van der Waals surface area contributed by atoms with Gasteiger partial charge in [-0.25, -0.2) is 18.7 Å². The van der Waals surface area contributed by atoms with E-state index in [4.69, 9.17) is 0 Å². The van der Waals surface area contributed by atoms with E-state index in [9.17, 15) is 19.0 Å². The first-order chi connectivity index (χ1) is 26.4. The average molecular weight is 731 g/mol. The lowest BCUT2D eigenvalue weighted by Gasteiger charge is -2.36. The topological polar surface area (TPSA) is 81.5 Å². The summed E-state index contributed by atoms with van der Waals surface area (Å²) in [4.78, 5) is 13.1. The van der Waals surface area contributed by atoms with Gasteiger partial charge in [0.25, 0.3) is 0 Å². The van der Waals surface area contributed by atoms with Crippen LogP contribution in [0.3, 0.4) is 0 Å². The van der Waals surface area contributed by atoms with E-state index < -0.39 is 12.2 Å². The van der Waals surface area contributed by atoms with E-state index in [0.717, 1.165) is 85.4 Å². The fourth-order valence-electron chi connectivity index (χ4n) is 8.93. The van der Waals surface area contributed by atoms with Crippen molar-refractivity contribution in [3.05, 3.63) is 132 Å². The van der Waals surface area contributed by atoms with Crippen molar-refractivity contribution >= 4 is 22.4 Å². The first kappa shape index (κ1) is 34.9. The lowest BCUT2D eigenvalue weighted by molar-refractivity contribution is 0.0929. The van der Waals surface area contributed by atoms with Crippen molar-refractivity contribution < 1.29 is 19.0 Å². The van der Waals surface area contributed by atoms with Gasteiger partial charge < -0.3 is 28.8 Å². The van der Waals surface area contributed by atoms with Gasteiger partial charge in [-0.15, -0.1) is 0 Å². The quantitative estimate of drug-likeness (QED) is 0.163. The molecule has 0 bridgehead atoms. The Bertz CT molecular complexity index is 2040. The van der Waals surface area contributed by atoms with Crippen LogP contribution in [0.1, 0.15) is 97.7 Å². The minimum absolute atomic E-state index is 0.203. The highest BCUT2D eigenvalue weighted by Gasteiger charge is 2.35. The molecular weight excluding hydrogens is 683 g/mol. The molecule has 10 rings (SSSR count). The molecule has 10 heteroatoms. The zero-order chi connectivity index (χ0) is 36.8. The Balaban J connectivity index is 0.000000142.